The maximum atomic E-state index is 12.4. The lowest BCUT2D eigenvalue weighted by Gasteiger charge is -2.11. The van der Waals surface area contributed by atoms with Crippen LogP contribution < -0.4 is 20.9 Å². The van der Waals surface area contributed by atoms with Gasteiger partial charge < -0.3 is 10.1 Å². The molecule has 9 heteroatoms. The SMILES string of the molecule is COc1cccc(NC(=O)Nc2cc(C)nn2-c2nc(C)c(C)c(=O)[nH]2)c1. The molecule has 2 heterocycles. The Hall–Kier alpha value is -3.62. The summed E-state index contributed by atoms with van der Waals surface area (Å²) in [4.78, 5) is 31.4. The van der Waals surface area contributed by atoms with Gasteiger partial charge in [-0.3, -0.25) is 15.1 Å². The molecule has 0 aliphatic carbocycles. The Morgan fingerprint density at radius 3 is 2.67 bits per heavy atom. The molecule has 0 saturated carbocycles. The lowest BCUT2D eigenvalue weighted by molar-refractivity contribution is 0.262. The van der Waals surface area contributed by atoms with Crippen molar-refractivity contribution in [3.8, 4) is 11.7 Å². The number of amides is 2. The van der Waals surface area contributed by atoms with Crippen molar-refractivity contribution in [3.05, 3.63) is 57.6 Å². The van der Waals surface area contributed by atoms with Crippen molar-refractivity contribution in [2.24, 2.45) is 0 Å². The van der Waals surface area contributed by atoms with Crippen LogP contribution in [0.2, 0.25) is 0 Å². The van der Waals surface area contributed by atoms with Gasteiger partial charge in [0.25, 0.3) is 5.56 Å². The van der Waals surface area contributed by atoms with Crippen LogP contribution in [-0.4, -0.2) is 32.9 Å². The Balaban J connectivity index is 1.86. The Morgan fingerprint density at radius 1 is 1.19 bits per heavy atom. The van der Waals surface area contributed by atoms with Crippen LogP contribution in [0, 0.1) is 20.8 Å². The van der Waals surface area contributed by atoms with Crippen molar-refractivity contribution < 1.29 is 9.53 Å². The van der Waals surface area contributed by atoms with Gasteiger partial charge >= 0.3 is 6.03 Å². The number of hydrogen-bond donors (Lipinski definition) is 3. The predicted molar refractivity (Wildman–Crippen MR) is 102 cm³/mol. The first-order chi connectivity index (χ1) is 12.9. The van der Waals surface area contributed by atoms with E-state index in [-0.39, 0.29) is 11.5 Å². The van der Waals surface area contributed by atoms with E-state index in [0.29, 0.717) is 34.2 Å². The molecule has 2 aromatic heterocycles. The van der Waals surface area contributed by atoms with Crippen molar-refractivity contribution in [1.82, 2.24) is 19.7 Å². The third-order valence-electron chi connectivity index (χ3n) is 3.98. The molecule has 3 aromatic rings. The zero-order valence-corrected chi connectivity index (χ0v) is 15.5. The van der Waals surface area contributed by atoms with Crippen molar-refractivity contribution >= 4 is 17.5 Å². The number of aromatic nitrogens is 4. The molecular formula is C18H20N6O3. The van der Waals surface area contributed by atoms with Gasteiger partial charge in [-0.2, -0.15) is 9.78 Å². The molecule has 0 atom stereocenters. The van der Waals surface area contributed by atoms with E-state index < -0.39 is 6.03 Å². The summed E-state index contributed by atoms with van der Waals surface area (Å²) in [5, 5.41) is 9.74. The molecule has 9 nitrogen and oxygen atoms in total. The van der Waals surface area contributed by atoms with Gasteiger partial charge in [0.1, 0.15) is 11.6 Å². The standard InChI is InChI=1S/C18H20N6O3/c1-10-8-15(21-18(26)20-13-6-5-7-14(9-13)27-4)24(23-10)17-19-12(3)11(2)16(25)22-17/h5-9H,1-4H3,(H,19,22,25)(H2,20,21,26). The zero-order valence-electron chi connectivity index (χ0n) is 15.5. The maximum absolute atomic E-state index is 12.4. The molecule has 1 aromatic carbocycles. The summed E-state index contributed by atoms with van der Waals surface area (Å²) < 4.78 is 6.52. The number of methoxy groups -OCH3 is 1. The molecule has 2 amide bonds. The number of hydrogen-bond acceptors (Lipinski definition) is 5. The number of benzene rings is 1. The quantitative estimate of drug-likeness (QED) is 0.655. The van der Waals surface area contributed by atoms with Crippen LogP contribution in [0.5, 0.6) is 5.75 Å². The van der Waals surface area contributed by atoms with Gasteiger partial charge in [0, 0.05) is 29.1 Å². The molecule has 0 radical (unpaired) electrons. The van der Waals surface area contributed by atoms with E-state index in [0.717, 1.165) is 0 Å². The van der Waals surface area contributed by atoms with E-state index in [9.17, 15) is 9.59 Å². The molecular weight excluding hydrogens is 348 g/mol. The van der Waals surface area contributed by atoms with Gasteiger partial charge in [-0.15, -0.1) is 0 Å². The summed E-state index contributed by atoms with van der Waals surface area (Å²) in [6, 6.07) is 8.21. The summed E-state index contributed by atoms with van der Waals surface area (Å²) in [7, 11) is 1.55. The van der Waals surface area contributed by atoms with E-state index in [4.69, 9.17) is 4.74 Å². The van der Waals surface area contributed by atoms with Crippen LogP contribution in [0.4, 0.5) is 16.3 Å². The number of carbonyl (C=O) groups excluding carboxylic acids is 1. The number of rotatable bonds is 4. The van der Waals surface area contributed by atoms with Gasteiger partial charge in [0.05, 0.1) is 12.8 Å². The molecule has 0 bridgehead atoms. The topological polar surface area (TPSA) is 114 Å². The monoisotopic (exact) mass is 368 g/mol. The normalized spacial score (nSPS) is 10.5. The molecule has 140 valence electrons. The van der Waals surface area contributed by atoms with Crippen molar-refractivity contribution in [2.75, 3.05) is 17.7 Å². The summed E-state index contributed by atoms with van der Waals surface area (Å²) in [6.07, 6.45) is 0. The molecule has 0 aliphatic rings. The second-order valence-corrected chi connectivity index (χ2v) is 5.99. The first-order valence-electron chi connectivity index (χ1n) is 8.24. The highest BCUT2D eigenvalue weighted by atomic mass is 16.5. The first kappa shape index (κ1) is 18.2. The largest absolute Gasteiger partial charge is 0.497 e. The minimum Gasteiger partial charge on any atom is -0.497 e. The second kappa shape index (κ2) is 7.32. The van der Waals surface area contributed by atoms with Crippen molar-refractivity contribution in [3.63, 3.8) is 0 Å². The minimum absolute atomic E-state index is 0.230. The molecule has 3 rings (SSSR count). The molecule has 0 saturated heterocycles. The Labute approximate surface area is 155 Å². The lowest BCUT2D eigenvalue weighted by atomic mass is 10.3. The molecule has 0 spiro atoms. The number of ether oxygens (including phenoxy) is 1. The number of aromatic amines is 1. The lowest BCUT2D eigenvalue weighted by Crippen LogP contribution is -2.23. The van der Waals surface area contributed by atoms with Gasteiger partial charge in [0.2, 0.25) is 5.95 Å². The number of nitrogens with one attached hydrogen (secondary N) is 3. The zero-order chi connectivity index (χ0) is 19.6. The van der Waals surface area contributed by atoms with E-state index in [1.165, 1.54) is 4.68 Å². The highest BCUT2D eigenvalue weighted by Crippen LogP contribution is 2.18. The number of aryl methyl sites for hydroxylation is 2. The van der Waals surface area contributed by atoms with Gasteiger partial charge in [-0.25, -0.2) is 9.78 Å². The number of H-pyrrole nitrogens is 1. The summed E-state index contributed by atoms with van der Waals surface area (Å²) in [6.45, 7) is 5.22. The molecule has 0 aliphatic heterocycles. The third kappa shape index (κ3) is 3.97. The van der Waals surface area contributed by atoms with Crippen LogP contribution in [0.3, 0.4) is 0 Å². The van der Waals surface area contributed by atoms with E-state index in [1.54, 1.807) is 58.2 Å². The molecule has 0 unspecified atom stereocenters. The maximum Gasteiger partial charge on any atom is 0.324 e. The Morgan fingerprint density at radius 2 is 1.96 bits per heavy atom. The molecule has 0 fully saturated rings. The Bertz CT molecular complexity index is 1050. The number of anilines is 2. The summed E-state index contributed by atoms with van der Waals surface area (Å²) in [5.74, 6) is 1.23. The van der Waals surface area contributed by atoms with Crippen molar-refractivity contribution in [1.29, 1.82) is 0 Å². The number of carbonyl (C=O) groups is 1. The van der Waals surface area contributed by atoms with Gasteiger partial charge in [0.15, 0.2) is 0 Å². The van der Waals surface area contributed by atoms with Crippen molar-refractivity contribution in [2.45, 2.75) is 20.8 Å². The van der Waals surface area contributed by atoms with E-state index in [2.05, 4.69) is 25.7 Å². The van der Waals surface area contributed by atoms with Gasteiger partial charge in [-0.05, 0) is 32.9 Å². The summed E-state index contributed by atoms with van der Waals surface area (Å²) in [5.41, 5.74) is 2.11. The van der Waals surface area contributed by atoms with Crippen LogP contribution in [-0.2, 0) is 0 Å². The highest BCUT2D eigenvalue weighted by Gasteiger charge is 2.14. The molecule has 3 N–H and O–H groups in total. The fourth-order valence-electron chi connectivity index (χ4n) is 2.46. The summed E-state index contributed by atoms with van der Waals surface area (Å²) >= 11 is 0. The number of nitrogens with zero attached hydrogens (tertiary/aromatic N) is 3. The van der Waals surface area contributed by atoms with E-state index >= 15 is 0 Å². The van der Waals surface area contributed by atoms with E-state index in [1.807, 2.05) is 0 Å². The first-order valence-corrected chi connectivity index (χ1v) is 8.24. The van der Waals surface area contributed by atoms with Gasteiger partial charge in [-0.1, -0.05) is 6.07 Å². The average Bonchev–Trinajstić information content (AvgIpc) is 2.99. The van der Waals surface area contributed by atoms with Crippen LogP contribution in [0.25, 0.3) is 5.95 Å². The predicted octanol–water partition coefficient (Wildman–Crippen LogP) is 2.53. The minimum atomic E-state index is -0.462. The van der Waals surface area contributed by atoms with Crippen LogP contribution >= 0.6 is 0 Å². The second-order valence-electron chi connectivity index (χ2n) is 5.99. The fourth-order valence-corrected chi connectivity index (χ4v) is 2.46. The van der Waals surface area contributed by atoms with Crippen LogP contribution in [0.15, 0.2) is 35.1 Å². The van der Waals surface area contributed by atoms with Crippen LogP contribution in [0.1, 0.15) is 17.0 Å². The fraction of sp³-hybridized carbons (Fsp3) is 0.222. The smallest absolute Gasteiger partial charge is 0.324 e. The molecule has 27 heavy (non-hydrogen) atoms. The third-order valence-corrected chi connectivity index (χ3v) is 3.98. The average molecular weight is 368 g/mol. The highest BCUT2D eigenvalue weighted by molar-refractivity contribution is 5.99. The Kier molecular flexibility index (Phi) is 4.93. The number of urea groups is 1.